The molecular formula is C11H8F3NO3. The monoisotopic (exact) mass is 259 g/mol. The summed E-state index contributed by atoms with van der Waals surface area (Å²) in [5.74, 6) is -7.31. The molecule has 1 amide bonds. The first-order valence-corrected chi connectivity index (χ1v) is 5.08. The summed E-state index contributed by atoms with van der Waals surface area (Å²) < 4.78 is 38.9. The molecule has 18 heavy (non-hydrogen) atoms. The SMILES string of the molecule is O=C(O)C1CC1C(=O)Nc1cc(F)cc(F)c1F. The third-order valence-corrected chi connectivity index (χ3v) is 2.70. The van der Waals surface area contributed by atoms with Crippen LogP contribution < -0.4 is 5.32 Å². The van der Waals surface area contributed by atoms with Crippen molar-refractivity contribution in [1.82, 2.24) is 0 Å². The van der Waals surface area contributed by atoms with E-state index in [1.165, 1.54) is 0 Å². The van der Waals surface area contributed by atoms with Gasteiger partial charge in [-0.1, -0.05) is 0 Å². The van der Waals surface area contributed by atoms with Gasteiger partial charge in [0.2, 0.25) is 5.91 Å². The van der Waals surface area contributed by atoms with Gasteiger partial charge in [0, 0.05) is 12.1 Å². The molecule has 0 radical (unpaired) electrons. The molecule has 2 rings (SSSR count). The van der Waals surface area contributed by atoms with Crippen molar-refractivity contribution >= 4 is 17.6 Å². The first-order valence-electron chi connectivity index (χ1n) is 5.08. The highest BCUT2D eigenvalue weighted by Crippen LogP contribution is 2.39. The van der Waals surface area contributed by atoms with Crippen LogP contribution in [0.4, 0.5) is 18.9 Å². The number of amides is 1. The molecule has 0 aliphatic heterocycles. The lowest BCUT2D eigenvalue weighted by Crippen LogP contribution is -2.18. The van der Waals surface area contributed by atoms with Crippen LogP contribution >= 0.6 is 0 Å². The van der Waals surface area contributed by atoms with Crippen LogP contribution in [0.1, 0.15) is 6.42 Å². The summed E-state index contributed by atoms with van der Waals surface area (Å²) >= 11 is 0. The zero-order valence-corrected chi connectivity index (χ0v) is 8.91. The predicted octanol–water partition coefficient (Wildman–Crippen LogP) is 1.76. The fraction of sp³-hybridized carbons (Fsp3) is 0.273. The van der Waals surface area contributed by atoms with E-state index in [4.69, 9.17) is 5.11 Å². The summed E-state index contributed by atoms with van der Waals surface area (Å²) in [4.78, 5) is 22.0. The molecule has 1 aliphatic carbocycles. The molecule has 0 bridgehead atoms. The maximum absolute atomic E-state index is 13.2. The predicted molar refractivity (Wildman–Crippen MR) is 54.2 cm³/mol. The molecule has 96 valence electrons. The lowest BCUT2D eigenvalue weighted by Gasteiger charge is -2.06. The third kappa shape index (κ3) is 2.29. The standard InChI is InChI=1S/C11H8F3NO3/c12-4-1-7(13)9(14)8(2-4)15-10(16)5-3-6(5)11(17)18/h1-2,5-6H,3H2,(H,15,16)(H,17,18). The second kappa shape index (κ2) is 4.32. The van der Waals surface area contributed by atoms with Crippen molar-refractivity contribution in [1.29, 1.82) is 0 Å². The van der Waals surface area contributed by atoms with E-state index >= 15 is 0 Å². The summed E-state index contributed by atoms with van der Waals surface area (Å²) in [5.41, 5.74) is -0.631. The molecular weight excluding hydrogens is 251 g/mol. The highest BCUT2D eigenvalue weighted by molar-refractivity contribution is 5.98. The molecule has 0 heterocycles. The zero-order chi connectivity index (χ0) is 13.4. The van der Waals surface area contributed by atoms with Gasteiger partial charge in [0.15, 0.2) is 11.6 Å². The Morgan fingerprint density at radius 3 is 2.44 bits per heavy atom. The number of carbonyl (C=O) groups excluding carboxylic acids is 1. The Bertz CT molecular complexity index is 533. The maximum atomic E-state index is 13.2. The first-order chi connectivity index (χ1) is 8.40. The van der Waals surface area contributed by atoms with E-state index in [-0.39, 0.29) is 6.42 Å². The number of nitrogens with one attached hydrogen (secondary N) is 1. The summed E-state index contributed by atoms with van der Waals surface area (Å²) in [6.07, 6.45) is 0.139. The van der Waals surface area contributed by atoms with Crippen molar-refractivity contribution in [2.75, 3.05) is 5.32 Å². The minimum atomic E-state index is -1.42. The molecule has 0 aromatic heterocycles. The second-order valence-electron chi connectivity index (χ2n) is 4.03. The lowest BCUT2D eigenvalue weighted by molar-refractivity contribution is -0.139. The number of carbonyl (C=O) groups is 2. The lowest BCUT2D eigenvalue weighted by atomic mass is 10.2. The average Bonchev–Trinajstić information content (AvgIpc) is 3.04. The minimum absolute atomic E-state index is 0.139. The number of hydrogen-bond acceptors (Lipinski definition) is 2. The van der Waals surface area contributed by atoms with Crippen LogP contribution in [-0.2, 0) is 9.59 Å². The van der Waals surface area contributed by atoms with Crippen molar-refractivity contribution in [2.24, 2.45) is 11.8 Å². The fourth-order valence-corrected chi connectivity index (χ4v) is 1.63. The summed E-state index contributed by atoms with van der Waals surface area (Å²) in [6, 6.07) is 0.983. The van der Waals surface area contributed by atoms with E-state index < -0.39 is 46.9 Å². The number of benzene rings is 1. The van der Waals surface area contributed by atoms with Gasteiger partial charge in [-0.3, -0.25) is 9.59 Å². The van der Waals surface area contributed by atoms with E-state index in [0.717, 1.165) is 0 Å². The molecule has 1 fully saturated rings. The van der Waals surface area contributed by atoms with Crippen LogP contribution in [-0.4, -0.2) is 17.0 Å². The van der Waals surface area contributed by atoms with Crippen LogP contribution in [0.25, 0.3) is 0 Å². The molecule has 2 unspecified atom stereocenters. The normalized spacial score (nSPS) is 21.5. The van der Waals surface area contributed by atoms with Gasteiger partial charge in [0.1, 0.15) is 5.82 Å². The highest BCUT2D eigenvalue weighted by Gasteiger charge is 2.48. The van der Waals surface area contributed by atoms with E-state index in [0.29, 0.717) is 12.1 Å². The van der Waals surface area contributed by atoms with Gasteiger partial charge in [-0.15, -0.1) is 0 Å². The van der Waals surface area contributed by atoms with Crippen molar-refractivity contribution in [3.05, 3.63) is 29.6 Å². The number of carboxylic acid groups (broad SMARTS) is 1. The Hall–Kier alpha value is -2.05. The van der Waals surface area contributed by atoms with Gasteiger partial charge in [-0.05, 0) is 6.42 Å². The molecule has 1 aromatic carbocycles. The van der Waals surface area contributed by atoms with Crippen LogP contribution in [0, 0.1) is 29.3 Å². The fourth-order valence-electron chi connectivity index (χ4n) is 1.63. The number of hydrogen-bond donors (Lipinski definition) is 2. The van der Waals surface area contributed by atoms with Gasteiger partial charge in [0.25, 0.3) is 0 Å². The van der Waals surface area contributed by atoms with Gasteiger partial charge >= 0.3 is 5.97 Å². The van der Waals surface area contributed by atoms with E-state index in [9.17, 15) is 22.8 Å². The summed E-state index contributed by atoms with van der Waals surface area (Å²) in [7, 11) is 0. The van der Waals surface area contributed by atoms with Crippen LogP contribution in [0.2, 0.25) is 0 Å². The third-order valence-electron chi connectivity index (χ3n) is 2.70. The van der Waals surface area contributed by atoms with Crippen LogP contribution in [0.5, 0.6) is 0 Å². The Morgan fingerprint density at radius 2 is 1.89 bits per heavy atom. The first kappa shape index (κ1) is 12.4. The molecule has 1 saturated carbocycles. The topological polar surface area (TPSA) is 66.4 Å². The number of halogens is 3. The van der Waals surface area contributed by atoms with E-state index in [1.807, 2.05) is 5.32 Å². The molecule has 0 saturated heterocycles. The Morgan fingerprint density at radius 1 is 1.22 bits per heavy atom. The van der Waals surface area contributed by atoms with Gasteiger partial charge < -0.3 is 10.4 Å². The number of carboxylic acids is 1. The Kier molecular flexibility index (Phi) is 2.98. The molecule has 0 spiro atoms. The summed E-state index contributed by atoms with van der Waals surface area (Å²) in [6.45, 7) is 0. The maximum Gasteiger partial charge on any atom is 0.307 e. The quantitative estimate of drug-likeness (QED) is 0.813. The van der Waals surface area contributed by atoms with E-state index in [2.05, 4.69) is 0 Å². The van der Waals surface area contributed by atoms with Crippen molar-refractivity contribution in [3.63, 3.8) is 0 Å². The highest BCUT2D eigenvalue weighted by atomic mass is 19.2. The molecule has 4 nitrogen and oxygen atoms in total. The van der Waals surface area contributed by atoms with Crippen LogP contribution in [0.15, 0.2) is 12.1 Å². The Balaban J connectivity index is 2.11. The van der Waals surface area contributed by atoms with Crippen molar-refractivity contribution in [2.45, 2.75) is 6.42 Å². The largest absolute Gasteiger partial charge is 0.481 e. The van der Waals surface area contributed by atoms with Crippen molar-refractivity contribution < 1.29 is 27.9 Å². The molecule has 1 aliphatic rings. The molecule has 7 heteroatoms. The molecule has 2 N–H and O–H groups in total. The van der Waals surface area contributed by atoms with Crippen molar-refractivity contribution in [3.8, 4) is 0 Å². The molecule has 2 atom stereocenters. The minimum Gasteiger partial charge on any atom is -0.481 e. The Labute approximate surface area is 99.4 Å². The molecule has 1 aromatic rings. The number of rotatable bonds is 3. The van der Waals surface area contributed by atoms with Gasteiger partial charge in [0.05, 0.1) is 17.5 Å². The summed E-state index contributed by atoms with van der Waals surface area (Å²) in [5, 5.41) is 10.6. The van der Waals surface area contributed by atoms with Gasteiger partial charge in [-0.2, -0.15) is 0 Å². The number of anilines is 1. The van der Waals surface area contributed by atoms with E-state index in [1.54, 1.807) is 0 Å². The second-order valence-corrected chi connectivity index (χ2v) is 4.03. The number of aliphatic carboxylic acids is 1. The smallest absolute Gasteiger partial charge is 0.307 e. The zero-order valence-electron chi connectivity index (χ0n) is 8.91. The van der Waals surface area contributed by atoms with Gasteiger partial charge in [-0.25, -0.2) is 13.2 Å². The van der Waals surface area contributed by atoms with Crippen LogP contribution in [0.3, 0.4) is 0 Å². The average molecular weight is 259 g/mol.